The molecule has 5 amide bonds. The molecule has 252 valence electrons. The maximum Gasteiger partial charge on any atom is 0.243 e. The number of unbranched alkanes of at least 4 members (excludes halogenated alkanes) is 1. The van der Waals surface area contributed by atoms with Crippen LogP contribution in [0.4, 0.5) is 0 Å². The Hall–Kier alpha value is -4.15. The number of guanidine groups is 2. The third kappa shape index (κ3) is 18.4. The molecular formula is C27H54N12O5. The van der Waals surface area contributed by atoms with E-state index in [9.17, 15) is 24.0 Å². The summed E-state index contributed by atoms with van der Waals surface area (Å²) < 4.78 is 0. The molecule has 0 aromatic heterocycles. The van der Waals surface area contributed by atoms with Crippen molar-refractivity contribution in [2.45, 2.75) is 103 Å². The molecule has 0 aliphatic carbocycles. The van der Waals surface area contributed by atoms with Gasteiger partial charge in [-0.15, -0.1) is 0 Å². The van der Waals surface area contributed by atoms with E-state index in [1.54, 1.807) is 6.92 Å². The van der Waals surface area contributed by atoms with Crippen molar-refractivity contribution in [1.29, 1.82) is 0 Å². The fourth-order valence-corrected chi connectivity index (χ4v) is 3.93. The summed E-state index contributed by atoms with van der Waals surface area (Å²) in [6.45, 7) is 6.34. The van der Waals surface area contributed by atoms with Gasteiger partial charge in [-0.3, -0.25) is 34.0 Å². The summed E-state index contributed by atoms with van der Waals surface area (Å²) in [6.07, 6.45) is 3.47. The van der Waals surface area contributed by atoms with E-state index in [-0.39, 0.29) is 56.1 Å². The quantitative estimate of drug-likeness (QED) is 0.0314. The Balaban J connectivity index is 5.95. The van der Waals surface area contributed by atoms with E-state index in [4.69, 9.17) is 28.7 Å². The minimum Gasteiger partial charge on any atom is -0.370 e. The number of nitrogens with zero attached hydrogens (tertiary/aromatic N) is 2. The van der Waals surface area contributed by atoms with Crippen LogP contribution < -0.4 is 55.3 Å². The Morgan fingerprint density at radius 3 is 1.52 bits per heavy atom. The molecule has 0 unspecified atom stereocenters. The van der Waals surface area contributed by atoms with E-state index in [2.05, 4.69) is 36.6 Å². The van der Waals surface area contributed by atoms with Gasteiger partial charge >= 0.3 is 0 Å². The molecule has 17 nitrogen and oxygen atoms in total. The van der Waals surface area contributed by atoms with E-state index in [1.807, 2.05) is 6.92 Å². The molecule has 0 aromatic carbocycles. The van der Waals surface area contributed by atoms with Crippen LogP contribution in [-0.4, -0.2) is 91.8 Å². The summed E-state index contributed by atoms with van der Waals surface area (Å²) in [6, 6.07) is -3.92. The maximum atomic E-state index is 13.5. The second-order valence-corrected chi connectivity index (χ2v) is 10.3. The van der Waals surface area contributed by atoms with Crippen LogP contribution in [0.25, 0.3) is 0 Å². The fraction of sp³-hybridized carbons (Fsp3) is 0.741. The van der Waals surface area contributed by atoms with Gasteiger partial charge in [0.25, 0.3) is 0 Å². The second kappa shape index (κ2) is 23.3. The third-order valence-electron chi connectivity index (χ3n) is 6.38. The third-order valence-corrected chi connectivity index (χ3v) is 6.38. The number of hydrogen-bond acceptors (Lipinski definition) is 8. The van der Waals surface area contributed by atoms with Gasteiger partial charge in [-0.25, -0.2) is 0 Å². The van der Waals surface area contributed by atoms with Crippen molar-refractivity contribution in [3.63, 3.8) is 0 Å². The molecule has 0 rings (SSSR count). The van der Waals surface area contributed by atoms with Crippen LogP contribution in [0.5, 0.6) is 0 Å². The molecule has 0 heterocycles. The first-order valence-electron chi connectivity index (χ1n) is 15.1. The largest absolute Gasteiger partial charge is 0.370 e. The van der Waals surface area contributed by atoms with Crippen molar-refractivity contribution in [3.8, 4) is 0 Å². The zero-order valence-electron chi connectivity index (χ0n) is 26.3. The van der Waals surface area contributed by atoms with Gasteiger partial charge in [-0.1, -0.05) is 13.8 Å². The molecule has 44 heavy (non-hydrogen) atoms. The van der Waals surface area contributed by atoms with Crippen molar-refractivity contribution < 1.29 is 24.0 Å². The van der Waals surface area contributed by atoms with Gasteiger partial charge < -0.3 is 55.3 Å². The van der Waals surface area contributed by atoms with Crippen LogP contribution >= 0.6 is 0 Å². The first-order chi connectivity index (χ1) is 20.9. The number of carbonyl (C=O) groups is 5. The van der Waals surface area contributed by atoms with Gasteiger partial charge in [0.15, 0.2) is 11.9 Å². The lowest BCUT2D eigenvalue weighted by molar-refractivity contribution is -0.134. The molecule has 0 saturated heterocycles. The summed E-state index contributed by atoms with van der Waals surface area (Å²) >= 11 is 0. The van der Waals surface area contributed by atoms with Crippen molar-refractivity contribution in [1.82, 2.24) is 26.6 Å². The highest BCUT2D eigenvalue weighted by Crippen LogP contribution is 2.07. The number of aliphatic imine (C=N–C) groups is 2. The molecule has 0 aliphatic heterocycles. The molecule has 0 saturated carbocycles. The normalized spacial score (nSPS) is 13.3. The standard InChI is InChI=1S/C27H54N12O5/c1-4-14-33-23(42)18(10-6-7-13-28)38-25(44)20(12-9-16-35-27(31)32)39-24(43)19(11-8-15-34-26(29)30)37-22(41)17(3)36-21(40)5-2/h17-20H,4-16,28H2,1-3H3,(H,33,42)(H,36,40)(H,37,41)(H,38,44)(H,39,43)(H4,29,30,34)(H4,31,32,35)/t17-,18-,19-,20-/m0/s1. The number of nitrogens with one attached hydrogen (secondary N) is 5. The number of nitrogens with two attached hydrogens (primary N) is 5. The lowest BCUT2D eigenvalue weighted by Gasteiger charge is -2.26. The molecule has 0 radical (unpaired) electrons. The van der Waals surface area contributed by atoms with Crippen molar-refractivity contribution in [3.05, 3.63) is 0 Å². The monoisotopic (exact) mass is 626 g/mol. The predicted molar refractivity (Wildman–Crippen MR) is 170 cm³/mol. The minimum absolute atomic E-state index is 0.115. The first kappa shape index (κ1) is 39.8. The SMILES string of the molecule is CCCNC(=O)[C@H](CCCCN)NC(=O)[C@H](CCCN=C(N)N)NC(=O)[C@H](CCCN=C(N)N)NC(=O)[C@H](C)NC(=O)CC. The van der Waals surface area contributed by atoms with E-state index in [0.717, 1.165) is 6.42 Å². The van der Waals surface area contributed by atoms with Gasteiger partial charge in [0, 0.05) is 26.1 Å². The van der Waals surface area contributed by atoms with Gasteiger partial charge in [-0.05, 0) is 64.8 Å². The Bertz CT molecular complexity index is 967. The highest BCUT2D eigenvalue weighted by atomic mass is 16.2. The fourth-order valence-electron chi connectivity index (χ4n) is 3.93. The Kier molecular flexibility index (Phi) is 21.1. The van der Waals surface area contributed by atoms with Crippen LogP contribution in [0.2, 0.25) is 0 Å². The molecule has 0 bridgehead atoms. The number of carbonyl (C=O) groups excluding carboxylic acids is 5. The molecule has 0 aromatic rings. The van der Waals surface area contributed by atoms with Gasteiger partial charge in [0.1, 0.15) is 24.2 Å². The molecular weight excluding hydrogens is 572 g/mol. The highest BCUT2D eigenvalue weighted by Gasteiger charge is 2.30. The Morgan fingerprint density at radius 2 is 1.09 bits per heavy atom. The summed E-state index contributed by atoms with van der Waals surface area (Å²) in [4.78, 5) is 72.2. The summed E-state index contributed by atoms with van der Waals surface area (Å²) in [5.41, 5.74) is 27.2. The number of hydrogen-bond donors (Lipinski definition) is 10. The average Bonchev–Trinajstić information content (AvgIpc) is 2.97. The molecule has 0 fully saturated rings. The Morgan fingerprint density at radius 1 is 0.636 bits per heavy atom. The van der Waals surface area contributed by atoms with Crippen LogP contribution in [0.1, 0.15) is 78.6 Å². The van der Waals surface area contributed by atoms with Gasteiger partial charge in [-0.2, -0.15) is 0 Å². The van der Waals surface area contributed by atoms with Crippen LogP contribution in [0, 0.1) is 0 Å². The van der Waals surface area contributed by atoms with Gasteiger partial charge in [0.2, 0.25) is 29.5 Å². The lowest BCUT2D eigenvalue weighted by Crippen LogP contribution is -2.58. The number of amides is 5. The summed E-state index contributed by atoms with van der Waals surface area (Å²) in [5, 5.41) is 13.4. The van der Waals surface area contributed by atoms with E-state index in [0.29, 0.717) is 45.2 Å². The molecule has 0 spiro atoms. The zero-order valence-corrected chi connectivity index (χ0v) is 26.3. The van der Waals surface area contributed by atoms with Gasteiger partial charge in [0.05, 0.1) is 0 Å². The van der Waals surface area contributed by atoms with Crippen LogP contribution in [0.15, 0.2) is 9.98 Å². The number of rotatable bonds is 23. The predicted octanol–water partition coefficient (Wildman–Crippen LogP) is -2.88. The van der Waals surface area contributed by atoms with Crippen molar-refractivity contribution in [2.24, 2.45) is 38.7 Å². The minimum atomic E-state index is -1.08. The molecule has 17 heteroatoms. The second-order valence-electron chi connectivity index (χ2n) is 10.3. The van der Waals surface area contributed by atoms with Crippen LogP contribution in [0.3, 0.4) is 0 Å². The molecule has 15 N–H and O–H groups in total. The van der Waals surface area contributed by atoms with E-state index >= 15 is 0 Å². The summed E-state index contributed by atoms with van der Waals surface area (Å²) in [5.74, 6) is -2.72. The summed E-state index contributed by atoms with van der Waals surface area (Å²) in [7, 11) is 0. The zero-order chi connectivity index (χ0) is 33.5. The van der Waals surface area contributed by atoms with E-state index in [1.165, 1.54) is 6.92 Å². The average molecular weight is 627 g/mol. The van der Waals surface area contributed by atoms with Crippen LogP contribution in [-0.2, 0) is 24.0 Å². The topological polar surface area (TPSA) is 300 Å². The Labute approximate surface area is 259 Å². The van der Waals surface area contributed by atoms with E-state index < -0.39 is 41.9 Å². The molecule has 0 aliphatic rings. The highest BCUT2D eigenvalue weighted by molar-refractivity contribution is 5.95. The first-order valence-corrected chi connectivity index (χ1v) is 15.1. The lowest BCUT2D eigenvalue weighted by atomic mass is 10.0. The van der Waals surface area contributed by atoms with Crippen molar-refractivity contribution >= 4 is 41.5 Å². The smallest absolute Gasteiger partial charge is 0.243 e. The van der Waals surface area contributed by atoms with Crippen molar-refractivity contribution in [2.75, 3.05) is 26.2 Å². The molecule has 4 atom stereocenters. The maximum absolute atomic E-state index is 13.5.